The van der Waals surface area contributed by atoms with Gasteiger partial charge in [-0.3, -0.25) is 9.59 Å². The van der Waals surface area contributed by atoms with Gasteiger partial charge in [-0.25, -0.2) is 0 Å². The molecule has 26 heavy (non-hydrogen) atoms. The summed E-state index contributed by atoms with van der Waals surface area (Å²) in [6, 6.07) is 13.5. The second kappa shape index (κ2) is 9.20. The Bertz CT molecular complexity index is 865. The van der Waals surface area contributed by atoms with Crippen LogP contribution in [0.5, 0.6) is 0 Å². The number of para-hydroxylation sites is 1. The topological polar surface area (TPSA) is 86.4 Å². The van der Waals surface area contributed by atoms with Crippen LogP contribution < -0.4 is 15.5 Å². The molecule has 2 rings (SSSR count). The number of nitrogens with one attached hydrogen (secondary N) is 3. The maximum Gasteiger partial charge on any atom is 0.279 e. The summed E-state index contributed by atoms with van der Waals surface area (Å²) in [5.74, 6) is -0.515. The van der Waals surface area contributed by atoms with Crippen molar-refractivity contribution >= 4 is 46.4 Å². The fourth-order valence-electron chi connectivity index (χ4n) is 2.26. The van der Waals surface area contributed by atoms with E-state index in [4.69, 9.17) is 28.5 Å². The lowest BCUT2D eigenvalue weighted by molar-refractivity contribution is -0.862. The van der Waals surface area contributed by atoms with Gasteiger partial charge in [0, 0.05) is 5.69 Å². The third-order valence-corrected chi connectivity index (χ3v) is 4.09. The number of anilines is 2. The molecule has 0 aliphatic carbocycles. The first-order valence-electron chi connectivity index (χ1n) is 7.74. The van der Waals surface area contributed by atoms with Gasteiger partial charge in [0.15, 0.2) is 13.1 Å². The monoisotopic (exact) mass is 391 g/mol. The van der Waals surface area contributed by atoms with Crippen molar-refractivity contribution in [2.24, 2.45) is 0 Å². The first-order valence-corrected chi connectivity index (χ1v) is 8.50. The van der Waals surface area contributed by atoms with Crippen LogP contribution in [0.4, 0.5) is 11.4 Å². The summed E-state index contributed by atoms with van der Waals surface area (Å²) in [6.07, 6.45) is 0. The Morgan fingerprint density at radius 3 is 2.31 bits per heavy atom. The molecule has 1 unspecified atom stereocenters. The molecule has 0 bridgehead atoms. The summed E-state index contributed by atoms with van der Waals surface area (Å²) in [4.78, 5) is 24.9. The van der Waals surface area contributed by atoms with Gasteiger partial charge in [-0.15, -0.1) is 0 Å². The molecule has 8 heteroatoms. The molecule has 0 aromatic heterocycles. The van der Waals surface area contributed by atoms with Crippen LogP contribution in [-0.4, -0.2) is 32.0 Å². The Labute approximate surface area is 161 Å². The highest BCUT2D eigenvalue weighted by Crippen LogP contribution is 2.20. The fraction of sp³-hybridized carbons (Fsp3) is 0.167. The highest BCUT2D eigenvalue weighted by atomic mass is 35.5. The number of benzene rings is 2. The number of nitrogens with zero attached hydrogens (tertiary/aromatic N) is 1. The average Bonchev–Trinajstić information content (AvgIpc) is 2.56. The maximum atomic E-state index is 12.1. The number of nitriles is 1. The minimum atomic E-state index is -0.270. The highest BCUT2D eigenvalue weighted by molar-refractivity contribution is 6.33. The minimum absolute atomic E-state index is 0.0908. The van der Waals surface area contributed by atoms with Crippen molar-refractivity contribution in [3.8, 4) is 6.07 Å². The van der Waals surface area contributed by atoms with Gasteiger partial charge in [-0.05, 0) is 30.3 Å². The zero-order valence-corrected chi connectivity index (χ0v) is 15.5. The number of likely N-dealkylation sites (N-methyl/N-ethyl adjacent to an activating group) is 1. The molecule has 2 amide bonds. The number of hydrogen-bond acceptors (Lipinski definition) is 3. The van der Waals surface area contributed by atoms with E-state index in [9.17, 15) is 9.59 Å². The van der Waals surface area contributed by atoms with Crippen LogP contribution in [0.3, 0.4) is 0 Å². The third kappa shape index (κ3) is 5.74. The Morgan fingerprint density at radius 2 is 1.69 bits per heavy atom. The number of quaternary nitrogens is 1. The van der Waals surface area contributed by atoms with Crippen LogP contribution in [-0.2, 0) is 9.59 Å². The lowest BCUT2D eigenvalue weighted by Crippen LogP contribution is -3.11. The van der Waals surface area contributed by atoms with E-state index < -0.39 is 0 Å². The first kappa shape index (κ1) is 19.7. The predicted molar refractivity (Wildman–Crippen MR) is 101 cm³/mol. The van der Waals surface area contributed by atoms with E-state index in [1.807, 2.05) is 6.07 Å². The molecular formula is C18H17Cl2N4O2+. The van der Waals surface area contributed by atoms with E-state index in [1.54, 1.807) is 37.4 Å². The van der Waals surface area contributed by atoms with Crippen molar-refractivity contribution in [1.29, 1.82) is 5.26 Å². The molecular weight excluding hydrogens is 375 g/mol. The Balaban J connectivity index is 1.85. The third-order valence-electron chi connectivity index (χ3n) is 3.45. The zero-order chi connectivity index (χ0) is 19.1. The largest absolute Gasteiger partial charge is 0.322 e. The van der Waals surface area contributed by atoms with Crippen molar-refractivity contribution in [3.05, 3.63) is 58.1 Å². The zero-order valence-electron chi connectivity index (χ0n) is 14.0. The predicted octanol–water partition coefficient (Wildman–Crippen LogP) is 1.96. The highest BCUT2D eigenvalue weighted by Gasteiger charge is 2.15. The van der Waals surface area contributed by atoms with Gasteiger partial charge in [-0.1, -0.05) is 35.3 Å². The SMILES string of the molecule is C[NH+](CC(=O)Nc1ccc(C#N)c(Cl)c1)CC(=O)Nc1ccccc1Cl. The van der Waals surface area contributed by atoms with Crippen molar-refractivity contribution in [3.63, 3.8) is 0 Å². The molecule has 134 valence electrons. The molecule has 0 aliphatic heterocycles. The summed E-state index contributed by atoms with van der Waals surface area (Å²) >= 11 is 11.9. The van der Waals surface area contributed by atoms with Crippen LogP contribution in [0.15, 0.2) is 42.5 Å². The van der Waals surface area contributed by atoms with Gasteiger partial charge < -0.3 is 15.5 Å². The van der Waals surface area contributed by atoms with Crippen molar-refractivity contribution < 1.29 is 14.5 Å². The van der Waals surface area contributed by atoms with E-state index in [1.165, 1.54) is 12.1 Å². The molecule has 3 N–H and O–H groups in total. The van der Waals surface area contributed by atoms with Crippen LogP contribution in [0.25, 0.3) is 0 Å². The number of carbonyl (C=O) groups excluding carboxylic acids is 2. The smallest absolute Gasteiger partial charge is 0.279 e. The molecule has 0 aliphatic rings. The van der Waals surface area contributed by atoms with E-state index in [0.717, 1.165) is 0 Å². The molecule has 0 fully saturated rings. The van der Waals surface area contributed by atoms with Gasteiger partial charge in [0.1, 0.15) is 6.07 Å². The molecule has 0 saturated heterocycles. The molecule has 0 spiro atoms. The molecule has 0 saturated carbocycles. The first-order chi connectivity index (χ1) is 12.4. The molecule has 2 aromatic rings. The minimum Gasteiger partial charge on any atom is -0.322 e. The van der Waals surface area contributed by atoms with Crippen molar-refractivity contribution in [2.45, 2.75) is 0 Å². The van der Waals surface area contributed by atoms with E-state index in [2.05, 4.69) is 10.6 Å². The molecule has 0 radical (unpaired) electrons. The van der Waals surface area contributed by atoms with Gasteiger partial charge in [0.2, 0.25) is 0 Å². The Morgan fingerprint density at radius 1 is 1.04 bits per heavy atom. The van der Waals surface area contributed by atoms with E-state index in [0.29, 0.717) is 26.9 Å². The van der Waals surface area contributed by atoms with E-state index in [-0.39, 0.29) is 29.9 Å². The molecule has 0 heterocycles. The summed E-state index contributed by atoms with van der Waals surface area (Å²) in [5.41, 5.74) is 1.36. The fourth-order valence-corrected chi connectivity index (χ4v) is 2.66. The normalized spacial score (nSPS) is 11.3. The number of halogens is 2. The van der Waals surface area contributed by atoms with Crippen molar-refractivity contribution in [2.75, 3.05) is 30.8 Å². The number of amides is 2. The second-order valence-electron chi connectivity index (χ2n) is 5.69. The van der Waals surface area contributed by atoms with E-state index >= 15 is 0 Å². The van der Waals surface area contributed by atoms with Gasteiger partial charge in [0.05, 0.1) is 28.3 Å². The molecule has 6 nitrogen and oxygen atoms in total. The van der Waals surface area contributed by atoms with Gasteiger partial charge in [-0.2, -0.15) is 5.26 Å². The summed E-state index contributed by atoms with van der Waals surface area (Å²) in [5, 5.41) is 15.0. The maximum absolute atomic E-state index is 12.1. The average molecular weight is 392 g/mol. The van der Waals surface area contributed by atoms with Crippen LogP contribution in [0, 0.1) is 11.3 Å². The Hall–Kier alpha value is -2.59. The second-order valence-corrected chi connectivity index (χ2v) is 6.51. The quantitative estimate of drug-likeness (QED) is 0.703. The lowest BCUT2D eigenvalue weighted by Gasteiger charge is -2.14. The number of carbonyl (C=O) groups is 2. The number of rotatable bonds is 6. The van der Waals surface area contributed by atoms with Crippen LogP contribution >= 0.6 is 23.2 Å². The summed E-state index contributed by atoms with van der Waals surface area (Å²) in [7, 11) is 1.73. The van der Waals surface area contributed by atoms with Crippen LogP contribution in [0.2, 0.25) is 10.0 Å². The molecule has 1 atom stereocenters. The molecule has 2 aromatic carbocycles. The number of hydrogen-bond donors (Lipinski definition) is 3. The van der Waals surface area contributed by atoms with Gasteiger partial charge >= 0.3 is 0 Å². The standard InChI is InChI=1S/C18H16Cl2N4O2/c1-24(11-18(26)23-16-5-3-2-4-14(16)19)10-17(25)22-13-7-6-12(9-21)15(20)8-13/h2-8H,10-11H2,1H3,(H,22,25)(H,23,26)/p+1. The summed E-state index contributed by atoms with van der Waals surface area (Å²) in [6.45, 7) is 0.195. The Kier molecular flexibility index (Phi) is 6.98. The summed E-state index contributed by atoms with van der Waals surface area (Å²) < 4.78 is 0. The lowest BCUT2D eigenvalue weighted by atomic mass is 10.2. The van der Waals surface area contributed by atoms with Gasteiger partial charge in [0.25, 0.3) is 11.8 Å². The van der Waals surface area contributed by atoms with Crippen molar-refractivity contribution in [1.82, 2.24) is 0 Å². The van der Waals surface area contributed by atoms with Crippen LogP contribution in [0.1, 0.15) is 5.56 Å².